The van der Waals surface area contributed by atoms with Gasteiger partial charge in [-0.3, -0.25) is 0 Å². The largest absolute Gasteiger partial charge is 0.330 e. The van der Waals surface area contributed by atoms with Gasteiger partial charge in [-0.1, -0.05) is 18.2 Å². The number of sulfonamides is 1. The lowest BCUT2D eigenvalue weighted by Gasteiger charge is -2.13. The molecule has 0 heterocycles. The summed E-state index contributed by atoms with van der Waals surface area (Å²) in [5.74, 6) is 0. The van der Waals surface area contributed by atoms with E-state index in [0.29, 0.717) is 18.0 Å². The Bertz CT molecular complexity index is 452. The zero-order chi connectivity index (χ0) is 11.6. The van der Waals surface area contributed by atoms with Crippen LogP contribution in [0.1, 0.15) is 12.8 Å². The van der Waals surface area contributed by atoms with Gasteiger partial charge in [0.05, 0.1) is 4.90 Å². The minimum atomic E-state index is -3.37. The van der Waals surface area contributed by atoms with Gasteiger partial charge in [-0.05, 0) is 36.9 Å². The molecule has 1 fully saturated rings. The third-order valence-corrected chi connectivity index (χ3v) is 4.50. The lowest BCUT2D eigenvalue weighted by molar-refractivity contribution is 0.501. The van der Waals surface area contributed by atoms with Gasteiger partial charge in [0.25, 0.3) is 0 Å². The van der Waals surface area contributed by atoms with Crippen molar-refractivity contribution < 1.29 is 8.42 Å². The summed E-state index contributed by atoms with van der Waals surface area (Å²) in [7, 11) is -3.37. The molecule has 1 aromatic carbocycles. The van der Waals surface area contributed by atoms with Crippen molar-refractivity contribution in [2.24, 2.45) is 11.1 Å². The number of rotatable bonds is 5. The van der Waals surface area contributed by atoms with Gasteiger partial charge in [0.2, 0.25) is 10.0 Å². The molecule has 1 aliphatic carbocycles. The third kappa shape index (κ3) is 2.42. The first-order chi connectivity index (χ1) is 7.58. The lowest BCUT2D eigenvalue weighted by atomic mass is 10.1. The smallest absolute Gasteiger partial charge is 0.240 e. The van der Waals surface area contributed by atoms with Crippen molar-refractivity contribution in [3.63, 3.8) is 0 Å². The zero-order valence-corrected chi connectivity index (χ0v) is 9.83. The van der Waals surface area contributed by atoms with Gasteiger partial charge in [0.1, 0.15) is 0 Å². The van der Waals surface area contributed by atoms with Crippen molar-refractivity contribution in [3.05, 3.63) is 30.3 Å². The summed E-state index contributed by atoms with van der Waals surface area (Å²) in [5.41, 5.74) is 5.62. The van der Waals surface area contributed by atoms with Crippen LogP contribution in [0.2, 0.25) is 0 Å². The average molecular weight is 240 g/mol. The number of hydrogen-bond donors (Lipinski definition) is 2. The fourth-order valence-electron chi connectivity index (χ4n) is 1.56. The highest BCUT2D eigenvalue weighted by molar-refractivity contribution is 7.89. The second kappa shape index (κ2) is 4.16. The minimum Gasteiger partial charge on any atom is -0.330 e. The summed E-state index contributed by atoms with van der Waals surface area (Å²) in [6.45, 7) is 0.991. The Balaban J connectivity index is 2.04. The maximum absolute atomic E-state index is 11.9. The van der Waals surface area contributed by atoms with Crippen LogP contribution >= 0.6 is 0 Å². The van der Waals surface area contributed by atoms with Crippen molar-refractivity contribution in [2.45, 2.75) is 17.7 Å². The summed E-state index contributed by atoms with van der Waals surface area (Å²) in [6, 6.07) is 8.39. The summed E-state index contributed by atoms with van der Waals surface area (Å²) >= 11 is 0. The van der Waals surface area contributed by atoms with E-state index in [0.717, 1.165) is 12.8 Å². The molecule has 1 aromatic rings. The first kappa shape index (κ1) is 11.6. The maximum atomic E-state index is 11.9. The summed E-state index contributed by atoms with van der Waals surface area (Å²) in [5, 5.41) is 0. The highest BCUT2D eigenvalue weighted by Gasteiger charge is 2.41. The van der Waals surface area contributed by atoms with Gasteiger partial charge in [-0.25, -0.2) is 13.1 Å². The van der Waals surface area contributed by atoms with E-state index in [2.05, 4.69) is 4.72 Å². The summed E-state index contributed by atoms with van der Waals surface area (Å²) < 4.78 is 26.4. The maximum Gasteiger partial charge on any atom is 0.240 e. The first-order valence-corrected chi connectivity index (χ1v) is 6.81. The molecule has 0 radical (unpaired) electrons. The van der Waals surface area contributed by atoms with Gasteiger partial charge in [0, 0.05) is 6.54 Å². The van der Waals surface area contributed by atoms with Crippen LogP contribution in [0.3, 0.4) is 0 Å². The second-order valence-electron chi connectivity index (χ2n) is 4.34. The van der Waals surface area contributed by atoms with E-state index >= 15 is 0 Å². The topological polar surface area (TPSA) is 72.2 Å². The van der Waals surface area contributed by atoms with Crippen LogP contribution in [-0.4, -0.2) is 21.5 Å². The molecule has 16 heavy (non-hydrogen) atoms. The number of nitrogens with two attached hydrogens (primary N) is 1. The molecule has 0 aliphatic heterocycles. The van der Waals surface area contributed by atoms with E-state index < -0.39 is 10.0 Å². The highest BCUT2D eigenvalue weighted by Crippen LogP contribution is 2.43. The number of benzene rings is 1. The lowest BCUT2D eigenvalue weighted by Crippen LogP contribution is -2.33. The van der Waals surface area contributed by atoms with Gasteiger partial charge >= 0.3 is 0 Å². The van der Waals surface area contributed by atoms with Gasteiger partial charge in [0.15, 0.2) is 0 Å². The molecule has 1 aliphatic rings. The Morgan fingerprint density at radius 1 is 1.25 bits per heavy atom. The van der Waals surface area contributed by atoms with Crippen LogP contribution in [0.5, 0.6) is 0 Å². The molecule has 0 amide bonds. The van der Waals surface area contributed by atoms with E-state index in [4.69, 9.17) is 5.73 Å². The molecule has 2 rings (SSSR count). The molecule has 3 N–H and O–H groups in total. The predicted molar refractivity (Wildman–Crippen MR) is 62.4 cm³/mol. The van der Waals surface area contributed by atoms with Gasteiger partial charge in [-0.2, -0.15) is 0 Å². The molecule has 0 aromatic heterocycles. The van der Waals surface area contributed by atoms with Gasteiger partial charge < -0.3 is 5.73 Å². The quantitative estimate of drug-likeness (QED) is 0.796. The standard InChI is InChI=1S/C11H16N2O2S/c12-8-11(6-7-11)9-13-16(14,15)10-4-2-1-3-5-10/h1-5,13H,6-9,12H2. The van der Waals surface area contributed by atoms with Crippen molar-refractivity contribution in [1.82, 2.24) is 4.72 Å². The molecule has 5 heteroatoms. The van der Waals surface area contributed by atoms with Crippen molar-refractivity contribution in [1.29, 1.82) is 0 Å². The minimum absolute atomic E-state index is 0.0157. The van der Waals surface area contributed by atoms with Crippen molar-refractivity contribution >= 4 is 10.0 Å². The SMILES string of the molecule is NCC1(CNS(=O)(=O)c2ccccc2)CC1. The van der Waals surface area contributed by atoms with Crippen LogP contribution in [0.15, 0.2) is 35.2 Å². The Hall–Kier alpha value is -0.910. The predicted octanol–water partition coefficient (Wildman–Crippen LogP) is 0.704. The highest BCUT2D eigenvalue weighted by atomic mass is 32.2. The van der Waals surface area contributed by atoms with Crippen LogP contribution < -0.4 is 10.5 Å². The van der Waals surface area contributed by atoms with Crippen molar-refractivity contribution in [2.75, 3.05) is 13.1 Å². The average Bonchev–Trinajstić information content (AvgIpc) is 3.09. The number of hydrogen-bond acceptors (Lipinski definition) is 3. The zero-order valence-electron chi connectivity index (χ0n) is 9.02. The summed E-state index contributed by atoms with van der Waals surface area (Å²) in [6.07, 6.45) is 2.03. The van der Waals surface area contributed by atoms with Crippen LogP contribution in [0, 0.1) is 5.41 Å². The van der Waals surface area contributed by atoms with E-state index in [-0.39, 0.29) is 5.41 Å². The summed E-state index contributed by atoms with van der Waals surface area (Å²) in [4.78, 5) is 0.308. The molecule has 0 unspecified atom stereocenters. The molecular weight excluding hydrogens is 224 g/mol. The second-order valence-corrected chi connectivity index (χ2v) is 6.11. The third-order valence-electron chi connectivity index (χ3n) is 3.08. The van der Waals surface area contributed by atoms with Gasteiger partial charge in [-0.15, -0.1) is 0 Å². The fourth-order valence-corrected chi connectivity index (χ4v) is 2.74. The van der Waals surface area contributed by atoms with E-state index in [1.807, 2.05) is 0 Å². The normalized spacial score (nSPS) is 18.3. The number of nitrogens with one attached hydrogen (secondary N) is 1. The molecule has 0 saturated heterocycles. The van der Waals surface area contributed by atoms with Crippen molar-refractivity contribution in [3.8, 4) is 0 Å². The molecule has 1 saturated carbocycles. The first-order valence-electron chi connectivity index (χ1n) is 5.33. The van der Waals surface area contributed by atoms with E-state index in [1.165, 1.54) is 0 Å². The van der Waals surface area contributed by atoms with Crippen LogP contribution in [0.25, 0.3) is 0 Å². The van der Waals surface area contributed by atoms with E-state index in [9.17, 15) is 8.42 Å². The Morgan fingerprint density at radius 3 is 2.38 bits per heavy atom. The Kier molecular flexibility index (Phi) is 3.01. The molecule has 88 valence electrons. The monoisotopic (exact) mass is 240 g/mol. The fraction of sp³-hybridized carbons (Fsp3) is 0.455. The Morgan fingerprint density at radius 2 is 1.88 bits per heavy atom. The molecule has 4 nitrogen and oxygen atoms in total. The van der Waals surface area contributed by atoms with Crippen LogP contribution in [-0.2, 0) is 10.0 Å². The molecule has 0 bridgehead atoms. The Labute approximate surface area is 95.9 Å². The van der Waals surface area contributed by atoms with Crippen LogP contribution in [0.4, 0.5) is 0 Å². The molecular formula is C11H16N2O2S. The molecule has 0 spiro atoms. The molecule has 0 atom stereocenters. The van der Waals surface area contributed by atoms with E-state index in [1.54, 1.807) is 30.3 Å².